The molecule has 0 unspecified atom stereocenters. The summed E-state index contributed by atoms with van der Waals surface area (Å²) in [6, 6.07) is 9.50. The molecule has 1 aromatic carbocycles. The van der Waals surface area contributed by atoms with E-state index in [9.17, 15) is 9.18 Å². The number of hydrogen-bond donors (Lipinski definition) is 1. The van der Waals surface area contributed by atoms with Gasteiger partial charge in [0.15, 0.2) is 5.82 Å². The molecule has 3 heterocycles. The minimum atomic E-state index is -0.332. The van der Waals surface area contributed by atoms with Crippen molar-refractivity contribution in [3.63, 3.8) is 0 Å². The summed E-state index contributed by atoms with van der Waals surface area (Å²) < 4.78 is 14.8. The van der Waals surface area contributed by atoms with Gasteiger partial charge in [-0.25, -0.2) is 23.8 Å². The smallest absolute Gasteiger partial charge is 0.321 e. The lowest BCUT2D eigenvalue weighted by atomic mass is 10.3. The Morgan fingerprint density at radius 3 is 2.27 bits per heavy atom. The summed E-state index contributed by atoms with van der Waals surface area (Å²) >= 11 is 0. The third-order valence-corrected chi connectivity index (χ3v) is 5.02. The molecule has 0 aliphatic carbocycles. The van der Waals surface area contributed by atoms with Crippen LogP contribution in [0.15, 0.2) is 36.4 Å². The van der Waals surface area contributed by atoms with Gasteiger partial charge in [-0.1, -0.05) is 0 Å². The summed E-state index contributed by atoms with van der Waals surface area (Å²) in [6.07, 6.45) is 0. The first-order chi connectivity index (χ1) is 14.4. The molecule has 3 aromatic rings. The molecule has 1 N–H and O–H groups in total. The van der Waals surface area contributed by atoms with Crippen LogP contribution < -0.4 is 10.2 Å². The molecule has 156 valence electrons. The van der Waals surface area contributed by atoms with Crippen molar-refractivity contribution in [1.29, 1.82) is 0 Å². The average Bonchev–Trinajstić information content (AvgIpc) is 3.07. The number of nitrogens with zero attached hydrogens (tertiary/aromatic N) is 6. The van der Waals surface area contributed by atoms with E-state index in [1.807, 2.05) is 37.6 Å². The van der Waals surface area contributed by atoms with Crippen molar-refractivity contribution < 1.29 is 9.18 Å². The van der Waals surface area contributed by atoms with Gasteiger partial charge in [-0.15, -0.1) is 0 Å². The molecule has 30 heavy (non-hydrogen) atoms. The Balaban J connectivity index is 1.43. The Kier molecular flexibility index (Phi) is 5.35. The van der Waals surface area contributed by atoms with Crippen LogP contribution in [0, 0.1) is 26.6 Å². The predicted octanol–water partition coefficient (Wildman–Crippen LogP) is 3.08. The van der Waals surface area contributed by atoms with Gasteiger partial charge in [0.05, 0.1) is 5.69 Å². The number of halogens is 1. The number of nitrogens with one attached hydrogen (secondary N) is 1. The van der Waals surface area contributed by atoms with Crippen molar-refractivity contribution in [2.75, 3.05) is 36.4 Å². The maximum atomic E-state index is 13.0. The molecule has 0 spiro atoms. The fourth-order valence-electron chi connectivity index (χ4n) is 3.54. The zero-order chi connectivity index (χ0) is 21.3. The number of benzene rings is 1. The number of amides is 2. The lowest BCUT2D eigenvalue weighted by Crippen LogP contribution is -2.50. The first-order valence-corrected chi connectivity index (χ1v) is 9.85. The summed E-state index contributed by atoms with van der Waals surface area (Å²) in [5, 5.41) is 7.32. The van der Waals surface area contributed by atoms with E-state index in [1.54, 1.807) is 17.0 Å². The van der Waals surface area contributed by atoms with Gasteiger partial charge in [-0.3, -0.25) is 0 Å². The molecular weight excluding hydrogens is 385 g/mol. The van der Waals surface area contributed by atoms with Crippen LogP contribution in [0.2, 0.25) is 0 Å². The van der Waals surface area contributed by atoms with Gasteiger partial charge in [0.2, 0.25) is 0 Å². The van der Waals surface area contributed by atoms with Gasteiger partial charge in [-0.05, 0) is 51.1 Å². The molecule has 0 atom stereocenters. The van der Waals surface area contributed by atoms with Crippen LogP contribution in [0.3, 0.4) is 0 Å². The normalized spacial score (nSPS) is 14.1. The van der Waals surface area contributed by atoms with Crippen LogP contribution in [0.25, 0.3) is 5.82 Å². The Morgan fingerprint density at radius 2 is 1.63 bits per heavy atom. The molecular formula is C21H24FN7O. The maximum Gasteiger partial charge on any atom is 0.321 e. The highest BCUT2D eigenvalue weighted by atomic mass is 19.1. The highest BCUT2D eigenvalue weighted by Crippen LogP contribution is 2.19. The van der Waals surface area contributed by atoms with Crippen LogP contribution in [-0.2, 0) is 0 Å². The van der Waals surface area contributed by atoms with Gasteiger partial charge in [0, 0.05) is 43.6 Å². The van der Waals surface area contributed by atoms with Crippen LogP contribution in [0.1, 0.15) is 17.2 Å². The summed E-state index contributed by atoms with van der Waals surface area (Å²) in [5.74, 6) is 1.90. The number of anilines is 2. The maximum absolute atomic E-state index is 13.0. The number of urea groups is 1. The lowest BCUT2D eigenvalue weighted by Gasteiger charge is -2.35. The van der Waals surface area contributed by atoms with Crippen molar-refractivity contribution in [1.82, 2.24) is 24.6 Å². The molecule has 2 amide bonds. The third-order valence-electron chi connectivity index (χ3n) is 5.02. The number of rotatable bonds is 3. The molecule has 9 heteroatoms. The number of aryl methyl sites for hydroxylation is 3. The molecule has 8 nitrogen and oxygen atoms in total. The summed E-state index contributed by atoms with van der Waals surface area (Å²) in [6.45, 7) is 8.25. The Labute approximate surface area is 174 Å². The molecule has 1 fully saturated rings. The van der Waals surface area contributed by atoms with E-state index in [0.29, 0.717) is 37.7 Å². The summed E-state index contributed by atoms with van der Waals surface area (Å²) in [5.41, 5.74) is 2.52. The fourth-order valence-corrected chi connectivity index (χ4v) is 3.54. The standard InChI is InChI=1S/C21H24FN7O/c1-14-12-15(2)29(26-14)20-13-19(23-16(3)24-20)27-8-10-28(11-9-27)21(30)25-18-6-4-17(22)5-7-18/h4-7,12-13H,8-11H2,1-3H3,(H,25,30). The zero-order valence-electron chi connectivity index (χ0n) is 17.3. The summed E-state index contributed by atoms with van der Waals surface area (Å²) in [4.78, 5) is 25.5. The van der Waals surface area contributed by atoms with E-state index in [1.165, 1.54) is 12.1 Å². The Bertz CT molecular complexity index is 1060. The number of carbonyl (C=O) groups is 1. The number of piperazine rings is 1. The molecule has 0 saturated carbocycles. The molecule has 0 radical (unpaired) electrons. The van der Waals surface area contributed by atoms with Gasteiger partial charge >= 0.3 is 6.03 Å². The zero-order valence-corrected chi connectivity index (χ0v) is 17.3. The van der Waals surface area contributed by atoms with Crippen molar-refractivity contribution in [3.8, 4) is 5.82 Å². The van der Waals surface area contributed by atoms with E-state index in [2.05, 4.69) is 25.3 Å². The van der Waals surface area contributed by atoms with E-state index >= 15 is 0 Å². The Morgan fingerprint density at radius 1 is 0.967 bits per heavy atom. The SMILES string of the molecule is Cc1cc(C)n(-c2cc(N3CCN(C(=O)Nc4ccc(F)cc4)CC3)nc(C)n2)n1. The minimum absolute atomic E-state index is 0.191. The fraction of sp³-hybridized carbons (Fsp3) is 0.333. The van der Waals surface area contributed by atoms with Gasteiger partial charge in [0.1, 0.15) is 17.5 Å². The van der Waals surface area contributed by atoms with E-state index in [4.69, 9.17) is 0 Å². The van der Waals surface area contributed by atoms with Crippen molar-refractivity contribution in [2.24, 2.45) is 0 Å². The molecule has 1 saturated heterocycles. The highest BCUT2D eigenvalue weighted by Gasteiger charge is 2.23. The second-order valence-corrected chi connectivity index (χ2v) is 7.38. The first-order valence-electron chi connectivity index (χ1n) is 9.85. The number of hydrogen-bond acceptors (Lipinski definition) is 5. The van der Waals surface area contributed by atoms with Gasteiger partial charge < -0.3 is 15.1 Å². The number of carbonyl (C=O) groups excluding carboxylic acids is 1. The monoisotopic (exact) mass is 409 g/mol. The van der Waals surface area contributed by atoms with Crippen LogP contribution in [0.4, 0.5) is 20.7 Å². The third kappa shape index (κ3) is 4.24. The molecule has 1 aliphatic heterocycles. The topological polar surface area (TPSA) is 79.2 Å². The lowest BCUT2D eigenvalue weighted by molar-refractivity contribution is 0.208. The predicted molar refractivity (Wildman–Crippen MR) is 113 cm³/mol. The highest BCUT2D eigenvalue weighted by molar-refractivity contribution is 5.89. The van der Waals surface area contributed by atoms with Crippen LogP contribution in [0.5, 0.6) is 0 Å². The average molecular weight is 409 g/mol. The molecule has 0 bridgehead atoms. The Hall–Kier alpha value is -3.49. The molecule has 4 rings (SSSR count). The second-order valence-electron chi connectivity index (χ2n) is 7.38. The first kappa shape index (κ1) is 19.8. The van der Waals surface area contributed by atoms with E-state index < -0.39 is 0 Å². The summed E-state index contributed by atoms with van der Waals surface area (Å²) in [7, 11) is 0. The molecule has 2 aromatic heterocycles. The molecule has 1 aliphatic rings. The van der Waals surface area contributed by atoms with Crippen molar-refractivity contribution in [2.45, 2.75) is 20.8 Å². The second kappa shape index (κ2) is 8.10. The van der Waals surface area contributed by atoms with Crippen molar-refractivity contribution in [3.05, 3.63) is 59.4 Å². The van der Waals surface area contributed by atoms with E-state index in [-0.39, 0.29) is 11.8 Å². The van der Waals surface area contributed by atoms with Crippen molar-refractivity contribution >= 4 is 17.5 Å². The van der Waals surface area contributed by atoms with Gasteiger partial charge in [-0.2, -0.15) is 5.10 Å². The quantitative estimate of drug-likeness (QED) is 0.719. The van der Waals surface area contributed by atoms with E-state index in [0.717, 1.165) is 23.0 Å². The van der Waals surface area contributed by atoms with Crippen LogP contribution in [-0.4, -0.2) is 56.9 Å². The number of aromatic nitrogens is 4. The largest absolute Gasteiger partial charge is 0.353 e. The van der Waals surface area contributed by atoms with Gasteiger partial charge in [0.25, 0.3) is 0 Å². The van der Waals surface area contributed by atoms with Crippen LogP contribution >= 0.6 is 0 Å². The minimum Gasteiger partial charge on any atom is -0.353 e.